The summed E-state index contributed by atoms with van der Waals surface area (Å²) in [5.41, 5.74) is 0. The minimum atomic E-state index is -4.02. The van der Waals surface area contributed by atoms with Crippen LogP contribution in [0, 0.1) is 5.92 Å². The fourth-order valence-electron chi connectivity index (χ4n) is 1.61. The van der Waals surface area contributed by atoms with Crippen molar-refractivity contribution in [1.82, 2.24) is 14.5 Å². The molecule has 1 aromatic heterocycles. The molecule has 1 saturated carbocycles. The van der Waals surface area contributed by atoms with Gasteiger partial charge in [0.1, 0.15) is 6.54 Å². The second kappa shape index (κ2) is 6.03. The van der Waals surface area contributed by atoms with E-state index in [9.17, 15) is 18.0 Å². The van der Waals surface area contributed by atoms with Crippen molar-refractivity contribution in [3.05, 3.63) is 0 Å². The number of carboxylic acid groups (broad SMARTS) is 1. The lowest BCUT2D eigenvalue weighted by Gasteiger charge is -2.17. The third-order valence-electron chi connectivity index (χ3n) is 2.72. The van der Waals surface area contributed by atoms with Crippen molar-refractivity contribution in [2.75, 3.05) is 18.4 Å². The van der Waals surface area contributed by atoms with Gasteiger partial charge in [-0.3, -0.25) is 9.59 Å². The summed E-state index contributed by atoms with van der Waals surface area (Å²) in [7, 11) is -4.02. The van der Waals surface area contributed by atoms with Gasteiger partial charge in [0, 0.05) is 13.5 Å². The number of aliphatic carboxylic acids is 1. The second-order valence-corrected chi connectivity index (χ2v) is 7.78. The molecule has 1 heterocycles. The highest BCUT2D eigenvalue weighted by Gasteiger charge is 2.35. The normalized spacial score (nSPS) is 15.1. The molecule has 0 aliphatic heterocycles. The topological polar surface area (TPSA) is 130 Å². The Kier molecular flexibility index (Phi) is 4.54. The van der Waals surface area contributed by atoms with E-state index in [1.165, 1.54) is 6.92 Å². The number of amides is 1. The zero-order valence-electron chi connectivity index (χ0n) is 11.1. The lowest BCUT2D eigenvalue weighted by atomic mass is 10.4. The van der Waals surface area contributed by atoms with Crippen LogP contribution in [0.25, 0.3) is 0 Å². The Labute approximate surface area is 125 Å². The van der Waals surface area contributed by atoms with Crippen LogP contribution in [0.5, 0.6) is 0 Å². The maximum Gasteiger partial charge on any atom is 0.318 e. The summed E-state index contributed by atoms with van der Waals surface area (Å²) in [6, 6.07) is 0. The van der Waals surface area contributed by atoms with Gasteiger partial charge in [-0.05, 0) is 18.8 Å². The van der Waals surface area contributed by atoms with Gasteiger partial charge in [0.2, 0.25) is 15.4 Å². The van der Waals surface area contributed by atoms with Gasteiger partial charge in [0.25, 0.3) is 10.0 Å². The lowest BCUT2D eigenvalue weighted by molar-refractivity contribution is -0.137. The highest BCUT2D eigenvalue weighted by Crippen LogP contribution is 2.32. The highest BCUT2D eigenvalue weighted by molar-refractivity contribution is 7.91. The number of rotatable bonds is 7. The van der Waals surface area contributed by atoms with Crippen molar-refractivity contribution in [1.29, 1.82) is 0 Å². The minimum absolute atomic E-state index is 0.0581. The van der Waals surface area contributed by atoms with Gasteiger partial charge in [-0.1, -0.05) is 11.3 Å². The number of sulfonamides is 1. The molecule has 9 nitrogen and oxygen atoms in total. The molecule has 116 valence electrons. The van der Waals surface area contributed by atoms with Crippen LogP contribution < -0.4 is 5.32 Å². The third kappa shape index (κ3) is 4.19. The van der Waals surface area contributed by atoms with Gasteiger partial charge in [-0.2, -0.15) is 4.31 Å². The molecule has 1 fully saturated rings. The first-order valence-corrected chi connectivity index (χ1v) is 8.37. The van der Waals surface area contributed by atoms with Crippen LogP contribution in [0.15, 0.2) is 4.34 Å². The molecule has 0 radical (unpaired) electrons. The number of carbonyl (C=O) groups is 2. The van der Waals surface area contributed by atoms with E-state index < -0.39 is 28.4 Å². The van der Waals surface area contributed by atoms with Crippen LogP contribution in [0.3, 0.4) is 0 Å². The molecule has 0 aromatic carbocycles. The molecule has 2 rings (SSSR count). The van der Waals surface area contributed by atoms with E-state index >= 15 is 0 Å². The van der Waals surface area contributed by atoms with Gasteiger partial charge in [-0.25, -0.2) is 8.42 Å². The number of hydrogen-bond acceptors (Lipinski definition) is 7. The van der Waals surface area contributed by atoms with Gasteiger partial charge in [-0.15, -0.1) is 10.2 Å². The molecular formula is C10H14N4O5S2. The van der Waals surface area contributed by atoms with Gasteiger partial charge >= 0.3 is 5.97 Å². The number of aromatic nitrogens is 2. The van der Waals surface area contributed by atoms with Gasteiger partial charge < -0.3 is 10.4 Å². The monoisotopic (exact) mass is 334 g/mol. The van der Waals surface area contributed by atoms with E-state index in [1.54, 1.807) is 0 Å². The van der Waals surface area contributed by atoms with E-state index in [-0.39, 0.29) is 21.9 Å². The fraction of sp³-hybridized carbons (Fsp3) is 0.600. The predicted octanol–water partition coefficient (Wildman–Crippen LogP) is -0.0182. The Morgan fingerprint density at radius 1 is 1.43 bits per heavy atom. The van der Waals surface area contributed by atoms with Crippen LogP contribution in [0.1, 0.15) is 19.8 Å². The van der Waals surface area contributed by atoms with Gasteiger partial charge in [0.15, 0.2) is 0 Å². The molecule has 0 atom stereocenters. The van der Waals surface area contributed by atoms with Crippen molar-refractivity contribution < 1.29 is 23.1 Å². The largest absolute Gasteiger partial charge is 0.480 e. The molecule has 1 aromatic rings. The van der Waals surface area contributed by atoms with Crippen molar-refractivity contribution in [2.45, 2.75) is 24.1 Å². The summed E-state index contributed by atoms with van der Waals surface area (Å²) in [5, 5.41) is 18.3. The molecule has 21 heavy (non-hydrogen) atoms. The SMILES string of the molecule is CC(=O)Nc1nnc(S(=O)(=O)N(CC(=O)O)CC2CC2)s1. The predicted molar refractivity (Wildman–Crippen MR) is 73.3 cm³/mol. The second-order valence-electron chi connectivity index (χ2n) is 4.69. The average molecular weight is 334 g/mol. The van der Waals surface area contributed by atoms with Crippen LogP contribution >= 0.6 is 11.3 Å². The van der Waals surface area contributed by atoms with Crippen LogP contribution in [0.2, 0.25) is 0 Å². The first-order valence-electron chi connectivity index (χ1n) is 6.12. The van der Waals surface area contributed by atoms with E-state index in [2.05, 4.69) is 15.5 Å². The first kappa shape index (κ1) is 15.8. The van der Waals surface area contributed by atoms with Crippen molar-refractivity contribution in [3.8, 4) is 0 Å². The summed E-state index contributed by atoms with van der Waals surface area (Å²) in [6.45, 7) is 0.803. The molecule has 0 spiro atoms. The molecule has 0 bridgehead atoms. The third-order valence-corrected chi connectivity index (χ3v) is 5.72. The summed E-state index contributed by atoms with van der Waals surface area (Å²) < 4.78 is 25.3. The quantitative estimate of drug-likeness (QED) is 0.670. The maximum absolute atomic E-state index is 12.4. The number of carboxylic acids is 1. The van der Waals surface area contributed by atoms with E-state index in [1.807, 2.05) is 0 Å². The van der Waals surface area contributed by atoms with Crippen molar-refractivity contribution in [2.24, 2.45) is 5.92 Å². The fourth-order valence-corrected chi connectivity index (χ4v) is 4.16. The highest BCUT2D eigenvalue weighted by atomic mass is 32.2. The Morgan fingerprint density at radius 3 is 2.62 bits per heavy atom. The van der Waals surface area contributed by atoms with Crippen molar-refractivity contribution in [3.63, 3.8) is 0 Å². The first-order chi connectivity index (χ1) is 9.79. The molecule has 0 saturated heterocycles. The lowest BCUT2D eigenvalue weighted by Crippen LogP contribution is -2.37. The van der Waals surface area contributed by atoms with Crippen LogP contribution in [-0.2, 0) is 19.6 Å². The average Bonchev–Trinajstić information content (AvgIpc) is 3.04. The van der Waals surface area contributed by atoms with Crippen LogP contribution in [0.4, 0.5) is 5.13 Å². The summed E-state index contributed by atoms with van der Waals surface area (Å²) >= 11 is 0.694. The minimum Gasteiger partial charge on any atom is -0.480 e. The zero-order chi connectivity index (χ0) is 15.6. The molecule has 1 aliphatic carbocycles. The molecule has 1 aliphatic rings. The Balaban J connectivity index is 2.21. The molecule has 1 amide bonds. The summed E-state index contributed by atoms with van der Waals surface area (Å²) in [6.07, 6.45) is 1.78. The number of carbonyl (C=O) groups excluding carboxylic acids is 1. The standard InChI is InChI=1S/C10H14N4O5S2/c1-6(15)11-9-12-13-10(20-9)21(18,19)14(5-8(16)17)4-7-2-3-7/h7H,2-5H2,1H3,(H,16,17)(H,11,12,15). The smallest absolute Gasteiger partial charge is 0.318 e. The number of hydrogen-bond donors (Lipinski definition) is 2. The Bertz CT molecular complexity index is 652. The Morgan fingerprint density at radius 2 is 2.10 bits per heavy atom. The Hall–Kier alpha value is -1.59. The number of nitrogens with one attached hydrogen (secondary N) is 1. The van der Waals surface area contributed by atoms with Crippen LogP contribution in [-0.4, -0.2) is 53.0 Å². The number of anilines is 1. The van der Waals surface area contributed by atoms with Crippen molar-refractivity contribution >= 4 is 38.4 Å². The molecular weight excluding hydrogens is 320 g/mol. The van der Waals surface area contributed by atoms with E-state index in [4.69, 9.17) is 5.11 Å². The summed E-state index contributed by atoms with van der Waals surface area (Å²) in [5.74, 6) is -1.43. The van der Waals surface area contributed by atoms with E-state index in [0.29, 0.717) is 11.3 Å². The maximum atomic E-state index is 12.4. The molecule has 2 N–H and O–H groups in total. The molecule has 11 heteroatoms. The zero-order valence-corrected chi connectivity index (χ0v) is 12.8. The van der Waals surface area contributed by atoms with Gasteiger partial charge in [0.05, 0.1) is 0 Å². The summed E-state index contributed by atoms with van der Waals surface area (Å²) in [4.78, 5) is 21.7. The number of nitrogens with zero attached hydrogens (tertiary/aromatic N) is 3. The van der Waals surface area contributed by atoms with E-state index in [0.717, 1.165) is 17.1 Å². The molecule has 0 unspecified atom stereocenters.